The number of nitrogens with one attached hydrogen (secondary N) is 1. The predicted molar refractivity (Wildman–Crippen MR) is 97.5 cm³/mol. The second-order valence-electron chi connectivity index (χ2n) is 6.72. The number of hydrogen-bond acceptors (Lipinski definition) is 3. The fourth-order valence-electron chi connectivity index (χ4n) is 2.49. The lowest BCUT2D eigenvalue weighted by atomic mass is 9.98. The number of hydrogen-bond donors (Lipinski definition) is 1. The van der Waals surface area contributed by atoms with Crippen molar-refractivity contribution in [3.05, 3.63) is 54.1 Å². The Kier molecular flexibility index (Phi) is 5.34. The Morgan fingerprint density at radius 1 is 1.29 bits per heavy atom. The summed E-state index contributed by atoms with van der Waals surface area (Å²) in [6.45, 7) is 5.29. The van der Waals surface area contributed by atoms with Gasteiger partial charge < -0.3 is 4.74 Å². The second-order valence-corrected chi connectivity index (χ2v) is 8.63. The molecule has 0 aliphatic heterocycles. The zero-order valence-electron chi connectivity index (χ0n) is 14.2. The molecule has 0 radical (unpaired) electrons. The van der Waals surface area contributed by atoms with Crippen LogP contribution in [0.4, 0.5) is 0 Å². The third kappa shape index (κ3) is 4.15. The molecule has 1 aliphatic carbocycles. The highest BCUT2D eigenvalue weighted by atomic mass is 32.2. The number of terminal acetylenes is 1. The molecular weight excluding hydrogens is 322 g/mol. The third-order valence-corrected chi connectivity index (χ3v) is 5.74. The minimum absolute atomic E-state index is 0.0795. The molecule has 5 heteroatoms. The van der Waals surface area contributed by atoms with E-state index in [-0.39, 0.29) is 13.0 Å². The van der Waals surface area contributed by atoms with Crippen LogP contribution in [0.5, 0.6) is 0 Å². The molecule has 1 aromatic carbocycles. The fraction of sp³-hybridized carbons (Fsp3) is 0.368. The number of ether oxygens (including phenoxy) is 1. The van der Waals surface area contributed by atoms with E-state index in [1.165, 1.54) is 0 Å². The highest BCUT2D eigenvalue weighted by Gasteiger charge is 2.44. The fourth-order valence-corrected chi connectivity index (χ4v) is 4.23. The maximum Gasteiger partial charge on any atom is 0.246 e. The highest BCUT2D eigenvalue weighted by Crippen LogP contribution is 2.34. The maximum atomic E-state index is 12.9. The second kappa shape index (κ2) is 6.94. The van der Waals surface area contributed by atoms with Crippen LogP contribution in [-0.2, 0) is 14.8 Å². The Hall–Kier alpha value is -1.87. The SMILES string of the molecule is C#CCOC1(S(=O)(=O)NC(C)(C)C)C=CC(c2ccccc2)=CC1. The molecule has 0 amide bonds. The lowest BCUT2D eigenvalue weighted by Crippen LogP contribution is -2.53. The van der Waals surface area contributed by atoms with Crippen LogP contribution in [0.15, 0.2) is 48.6 Å². The molecule has 1 N–H and O–H groups in total. The average Bonchev–Trinajstić information content (AvgIpc) is 2.52. The summed E-state index contributed by atoms with van der Waals surface area (Å²) in [6, 6.07) is 9.78. The first-order valence-electron chi connectivity index (χ1n) is 7.75. The van der Waals surface area contributed by atoms with Crippen molar-refractivity contribution in [3.63, 3.8) is 0 Å². The van der Waals surface area contributed by atoms with Crippen LogP contribution in [-0.4, -0.2) is 25.5 Å². The molecule has 128 valence electrons. The first-order chi connectivity index (χ1) is 11.2. The molecule has 0 fully saturated rings. The van der Waals surface area contributed by atoms with E-state index < -0.39 is 20.5 Å². The van der Waals surface area contributed by atoms with Crippen LogP contribution in [0.25, 0.3) is 5.57 Å². The van der Waals surface area contributed by atoms with Gasteiger partial charge in [0.1, 0.15) is 6.61 Å². The maximum absolute atomic E-state index is 12.9. The van der Waals surface area contributed by atoms with Gasteiger partial charge in [-0.25, -0.2) is 13.1 Å². The van der Waals surface area contributed by atoms with E-state index in [1.54, 1.807) is 32.9 Å². The number of allylic oxidation sites excluding steroid dienone is 2. The van der Waals surface area contributed by atoms with Gasteiger partial charge in [0.25, 0.3) is 0 Å². The van der Waals surface area contributed by atoms with Crippen molar-refractivity contribution in [2.75, 3.05) is 6.61 Å². The van der Waals surface area contributed by atoms with Gasteiger partial charge in [0.05, 0.1) is 0 Å². The van der Waals surface area contributed by atoms with Gasteiger partial charge in [0.2, 0.25) is 15.0 Å². The molecule has 24 heavy (non-hydrogen) atoms. The van der Waals surface area contributed by atoms with Crippen molar-refractivity contribution in [1.82, 2.24) is 4.72 Å². The molecule has 1 aliphatic rings. The van der Waals surface area contributed by atoms with E-state index in [9.17, 15) is 8.42 Å². The average molecular weight is 345 g/mol. The largest absolute Gasteiger partial charge is 0.341 e. The van der Waals surface area contributed by atoms with Crippen molar-refractivity contribution >= 4 is 15.6 Å². The van der Waals surface area contributed by atoms with Gasteiger partial charge >= 0.3 is 0 Å². The summed E-state index contributed by atoms with van der Waals surface area (Å²) in [5.41, 5.74) is 1.38. The van der Waals surface area contributed by atoms with E-state index in [0.29, 0.717) is 0 Å². The Balaban J connectivity index is 2.35. The zero-order valence-corrected chi connectivity index (χ0v) is 15.1. The van der Waals surface area contributed by atoms with Crippen LogP contribution >= 0.6 is 0 Å². The molecule has 1 atom stereocenters. The molecule has 2 rings (SSSR count). The first-order valence-corrected chi connectivity index (χ1v) is 9.23. The van der Waals surface area contributed by atoms with E-state index in [4.69, 9.17) is 11.2 Å². The Bertz CT molecular complexity index is 780. The topological polar surface area (TPSA) is 55.4 Å². The van der Waals surface area contributed by atoms with Crippen LogP contribution < -0.4 is 4.72 Å². The van der Waals surface area contributed by atoms with Gasteiger partial charge in [-0.3, -0.25) is 0 Å². The summed E-state index contributed by atoms with van der Waals surface area (Å²) in [6.07, 6.45) is 10.7. The third-order valence-electron chi connectivity index (χ3n) is 3.53. The quantitative estimate of drug-likeness (QED) is 0.835. The Labute approximate surface area is 144 Å². The molecule has 0 saturated heterocycles. The van der Waals surface area contributed by atoms with E-state index in [1.807, 2.05) is 36.4 Å². The predicted octanol–water partition coefficient (Wildman–Crippen LogP) is 3.09. The Morgan fingerprint density at radius 2 is 1.96 bits per heavy atom. The Morgan fingerprint density at radius 3 is 2.46 bits per heavy atom. The van der Waals surface area contributed by atoms with Gasteiger partial charge in [-0.2, -0.15) is 0 Å². The summed E-state index contributed by atoms with van der Waals surface area (Å²) in [5, 5.41) is 0. The lowest BCUT2D eigenvalue weighted by Gasteiger charge is -2.34. The van der Waals surface area contributed by atoms with Gasteiger partial charge in [0, 0.05) is 12.0 Å². The van der Waals surface area contributed by atoms with Gasteiger partial charge in [-0.05, 0) is 38.0 Å². The van der Waals surface area contributed by atoms with Crippen molar-refractivity contribution in [1.29, 1.82) is 0 Å². The molecule has 1 unspecified atom stereocenters. The van der Waals surface area contributed by atoms with Gasteiger partial charge in [0.15, 0.2) is 0 Å². The number of rotatable bonds is 5. The number of benzene rings is 1. The molecule has 0 aromatic heterocycles. The highest BCUT2D eigenvalue weighted by molar-refractivity contribution is 7.91. The number of sulfonamides is 1. The van der Waals surface area contributed by atoms with Crippen LogP contribution in [0, 0.1) is 12.3 Å². The van der Waals surface area contributed by atoms with E-state index >= 15 is 0 Å². The van der Waals surface area contributed by atoms with Crippen molar-refractivity contribution < 1.29 is 13.2 Å². The minimum atomic E-state index is -3.78. The molecule has 0 spiro atoms. The van der Waals surface area contributed by atoms with Gasteiger partial charge in [-0.15, -0.1) is 6.42 Å². The minimum Gasteiger partial charge on any atom is -0.341 e. The summed E-state index contributed by atoms with van der Waals surface area (Å²) >= 11 is 0. The van der Waals surface area contributed by atoms with Gasteiger partial charge in [-0.1, -0.05) is 48.4 Å². The van der Waals surface area contributed by atoms with Crippen LogP contribution in [0.1, 0.15) is 32.8 Å². The summed E-state index contributed by atoms with van der Waals surface area (Å²) in [4.78, 5) is -1.50. The van der Waals surface area contributed by atoms with Crippen LogP contribution in [0.2, 0.25) is 0 Å². The van der Waals surface area contributed by atoms with E-state index in [0.717, 1.165) is 11.1 Å². The lowest BCUT2D eigenvalue weighted by molar-refractivity contribution is 0.0762. The standard InChI is InChI=1S/C19H23NO3S/c1-5-15-23-19(24(21,22)20-18(2,3)4)13-11-17(12-14-19)16-9-7-6-8-10-16/h1,6-13,20H,14-15H2,2-4H3. The molecule has 1 aromatic rings. The normalized spacial score (nSPS) is 21.2. The monoisotopic (exact) mass is 345 g/mol. The summed E-state index contributed by atoms with van der Waals surface area (Å²) in [7, 11) is -3.78. The zero-order chi connectivity index (χ0) is 17.8. The molecule has 4 nitrogen and oxygen atoms in total. The molecule has 0 bridgehead atoms. The first kappa shape index (κ1) is 18.5. The molecule has 0 saturated carbocycles. The van der Waals surface area contributed by atoms with E-state index in [2.05, 4.69) is 10.6 Å². The van der Waals surface area contributed by atoms with Crippen molar-refractivity contribution in [3.8, 4) is 12.3 Å². The molecular formula is C19H23NO3S. The summed E-state index contributed by atoms with van der Waals surface area (Å²) in [5.74, 6) is 2.35. The smallest absolute Gasteiger partial charge is 0.246 e. The van der Waals surface area contributed by atoms with Crippen LogP contribution in [0.3, 0.4) is 0 Å². The van der Waals surface area contributed by atoms with Crippen molar-refractivity contribution in [2.45, 2.75) is 37.7 Å². The summed E-state index contributed by atoms with van der Waals surface area (Å²) < 4.78 is 34.0. The molecule has 0 heterocycles. The van der Waals surface area contributed by atoms with Crippen molar-refractivity contribution in [2.24, 2.45) is 0 Å².